The molecule has 0 spiro atoms. The van der Waals surface area contributed by atoms with Crippen molar-refractivity contribution in [2.75, 3.05) is 20.2 Å². The number of carbonyl (C=O) groups excluding carboxylic acids is 1. The summed E-state index contributed by atoms with van der Waals surface area (Å²) in [6.07, 6.45) is 7.00. The minimum atomic E-state index is 0.325. The van der Waals surface area contributed by atoms with Gasteiger partial charge in [-0.05, 0) is 48.9 Å². The number of unbranched alkanes of at least 4 members (excludes halogenated alkanes) is 1. The Labute approximate surface area is 137 Å². The summed E-state index contributed by atoms with van der Waals surface area (Å²) in [6.45, 7) is 3.89. The van der Waals surface area contributed by atoms with Crippen molar-refractivity contribution < 1.29 is 9.53 Å². The molecule has 1 aliphatic heterocycles. The van der Waals surface area contributed by atoms with Gasteiger partial charge in [-0.2, -0.15) is 0 Å². The molecular weight excluding hydrogens is 288 g/mol. The van der Waals surface area contributed by atoms with Crippen molar-refractivity contribution in [1.82, 2.24) is 9.88 Å². The molecule has 0 unspecified atom stereocenters. The van der Waals surface area contributed by atoms with Crippen LogP contribution in [0.5, 0.6) is 5.75 Å². The Bertz CT molecular complexity index is 669. The van der Waals surface area contributed by atoms with E-state index in [4.69, 9.17) is 4.74 Å². The topological polar surface area (TPSA) is 45.3 Å². The first-order valence-electron chi connectivity index (χ1n) is 8.65. The maximum Gasteiger partial charge on any atom is 0.222 e. The fraction of sp³-hybridized carbons (Fsp3) is 0.526. The molecule has 2 aromatic rings. The molecule has 1 aliphatic rings. The van der Waals surface area contributed by atoms with E-state index in [0.717, 1.165) is 50.0 Å². The number of H-pyrrole nitrogens is 1. The zero-order valence-corrected chi connectivity index (χ0v) is 14.1. The number of aromatic nitrogens is 1. The third-order valence-electron chi connectivity index (χ3n) is 4.95. The van der Waals surface area contributed by atoms with Gasteiger partial charge in [0, 0.05) is 36.6 Å². The number of rotatable bonds is 5. The molecular formula is C19H26N2O2. The number of aromatic amines is 1. The third kappa shape index (κ3) is 3.36. The lowest BCUT2D eigenvalue weighted by atomic mass is 9.89. The standard InChI is InChI=1S/C19H26N2O2/c1-3-4-5-19(22)21-10-8-14(9-11-21)17-13-20-18-7-6-15(23-2)12-16(17)18/h6-7,12-14,20H,3-5,8-11H2,1-2H3. The summed E-state index contributed by atoms with van der Waals surface area (Å²) in [5, 5.41) is 1.25. The van der Waals surface area contributed by atoms with Crippen LogP contribution < -0.4 is 4.74 Å². The molecule has 0 radical (unpaired) electrons. The van der Waals surface area contributed by atoms with Gasteiger partial charge in [-0.3, -0.25) is 4.79 Å². The molecule has 1 amide bonds. The van der Waals surface area contributed by atoms with Crippen LogP contribution in [-0.4, -0.2) is 36.0 Å². The van der Waals surface area contributed by atoms with Crippen molar-refractivity contribution in [1.29, 1.82) is 0 Å². The maximum atomic E-state index is 12.1. The molecule has 3 rings (SSSR count). The number of likely N-dealkylation sites (tertiary alicyclic amines) is 1. The second-order valence-corrected chi connectivity index (χ2v) is 6.41. The first kappa shape index (κ1) is 15.9. The predicted octanol–water partition coefficient (Wildman–Crippen LogP) is 4.07. The van der Waals surface area contributed by atoms with Gasteiger partial charge in [0.25, 0.3) is 0 Å². The minimum absolute atomic E-state index is 0.325. The fourth-order valence-corrected chi connectivity index (χ4v) is 3.51. The molecule has 0 saturated carbocycles. The average molecular weight is 314 g/mol. The summed E-state index contributed by atoms with van der Waals surface area (Å²) < 4.78 is 5.35. The molecule has 0 atom stereocenters. The third-order valence-corrected chi connectivity index (χ3v) is 4.95. The molecule has 1 aromatic heterocycles. The Kier molecular flexibility index (Phi) is 4.89. The Morgan fingerprint density at radius 1 is 1.35 bits per heavy atom. The summed E-state index contributed by atoms with van der Waals surface area (Å²) >= 11 is 0. The highest BCUT2D eigenvalue weighted by atomic mass is 16.5. The molecule has 1 N–H and O–H groups in total. The zero-order valence-electron chi connectivity index (χ0n) is 14.1. The quantitative estimate of drug-likeness (QED) is 0.904. The molecule has 0 aliphatic carbocycles. The van der Waals surface area contributed by atoms with Gasteiger partial charge in [-0.1, -0.05) is 13.3 Å². The highest BCUT2D eigenvalue weighted by Gasteiger charge is 2.25. The van der Waals surface area contributed by atoms with Crippen molar-refractivity contribution in [2.24, 2.45) is 0 Å². The number of ether oxygens (including phenoxy) is 1. The number of hydrogen-bond donors (Lipinski definition) is 1. The normalized spacial score (nSPS) is 16.0. The number of fused-ring (bicyclic) bond motifs is 1. The van der Waals surface area contributed by atoms with Crippen molar-refractivity contribution in [3.63, 3.8) is 0 Å². The van der Waals surface area contributed by atoms with Crippen LogP contribution in [0.4, 0.5) is 0 Å². The summed E-state index contributed by atoms with van der Waals surface area (Å²) in [7, 11) is 1.70. The number of nitrogens with zero attached hydrogens (tertiary/aromatic N) is 1. The van der Waals surface area contributed by atoms with Crippen LogP contribution in [0.15, 0.2) is 24.4 Å². The molecule has 4 heteroatoms. The van der Waals surface area contributed by atoms with Gasteiger partial charge < -0.3 is 14.6 Å². The van der Waals surface area contributed by atoms with Gasteiger partial charge in [0.2, 0.25) is 5.91 Å². The Morgan fingerprint density at radius 3 is 2.83 bits per heavy atom. The number of nitrogens with one attached hydrogen (secondary N) is 1. The SMILES string of the molecule is CCCCC(=O)N1CCC(c2c[nH]c3ccc(OC)cc23)CC1. The van der Waals surface area contributed by atoms with Crippen LogP contribution in [0.2, 0.25) is 0 Å². The Balaban J connectivity index is 1.69. The maximum absolute atomic E-state index is 12.1. The lowest BCUT2D eigenvalue weighted by molar-refractivity contribution is -0.132. The molecule has 1 fully saturated rings. The molecule has 23 heavy (non-hydrogen) atoms. The van der Waals surface area contributed by atoms with Crippen LogP contribution in [-0.2, 0) is 4.79 Å². The Hall–Kier alpha value is -1.97. The summed E-state index contributed by atoms with van der Waals surface area (Å²) in [5.74, 6) is 1.74. The van der Waals surface area contributed by atoms with Crippen molar-refractivity contribution in [3.8, 4) is 5.75 Å². The van der Waals surface area contributed by atoms with E-state index in [9.17, 15) is 4.79 Å². The van der Waals surface area contributed by atoms with E-state index in [2.05, 4.69) is 30.2 Å². The van der Waals surface area contributed by atoms with Gasteiger partial charge in [0.15, 0.2) is 0 Å². The van der Waals surface area contributed by atoms with E-state index in [1.54, 1.807) is 7.11 Å². The highest BCUT2D eigenvalue weighted by molar-refractivity contribution is 5.85. The van der Waals surface area contributed by atoms with Crippen LogP contribution in [0.3, 0.4) is 0 Å². The fourth-order valence-electron chi connectivity index (χ4n) is 3.51. The second-order valence-electron chi connectivity index (χ2n) is 6.41. The van der Waals surface area contributed by atoms with E-state index in [0.29, 0.717) is 18.2 Å². The van der Waals surface area contributed by atoms with E-state index in [1.165, 1.54) is 10.9 Å². The molecule has 124 valence electrons. The van der Waals surface area contributed by atoms with Gasteiger partial charge >= 0.3 is 0 Å². The largest absolute Gasteiger partial charge is 0.497 e. The molecule has 1 saturated heterocycles. The van der Waals surface area contributed by atoms with Crippen molar-refractivity contribution >= 4 is 16.8 Å². The van der Waals surface area contributed by atoms with Crippen LogP contribution in [0.1, 0.15) is 50.5 Å². The second kappa shape index (κ2) is 7.07. The summed E-state index contributed by atoms with van der Waals surface area (Å²) in [4.78, 5) is 17.6. The lowest BCUT2D eigenvalue weighted by Crippen LogP contribution is -2.37. The first-order valence-corrected chi connectivity index (χ1v) is 8.65. The van der Waals surface area contributed by atoms with Gasteiger partial charge in [-0.25, -0.2) is 0 Å². The molecule has 4 nitrogen and oxygen atoms in total. The summed E-state index contributed by atoms with van der Waals surface area (Å²) in [5.41, 5.74) is 2.52. The Morgan fingerprint density at radius 2 is 2.13 bits per heavy atom. The lowest BCUT2D eigenvalue weighted by Gasteiger charge is -2.32. The number of carbonyl (C=O) groups is 1. The zero-order chi connectivity index (χ0) is 16.2. The van der Waals surface area contributed by atoms with E-state index >= 15 is 0 Å². The predicted molar refractivity (Wildman–Crippen MR) is 92.9 cm³/mol. The number of benzene rings is 1. The van der Waals surface area contributed by atoms with Crippen LogP contribution >= 0.6 is 0 Å². The van der Waals surface area contributed by atoms with E-state index in [1.807, 2.05) is 11.0 Å². The smallest absolute Gasteiger partial charge is 0.222 e. The van der Waals surface area contributed by atoms with Gasteiger partial charge in [-0.15, -0.1) is 0 Å². The number of methoxy groups -OCH3 is 1. The van der Waals surface area contributed by atoms with E-state index < -0.39 is 0 Å². The highest BCUT2D eigenvalue weighted by Crippen LogP contribution is 2.34. The first-order chi connectivity index (χ1) is 11.2. The van der Waals surface area contributed by atoms with Crippen molar-refractivity contribution in [3.05, 3.63) is 30.0 Å². The minimum Gasteiger partial charge on any atom is -0.497 e. The van der Waals surface area contributed by atoms with Crippen LogP contribution in [0, 0.1) is 0 Å². The van der Waals surface area contributed by atoms with Crippen molar-refractivity contribution in [2.45, 2.75) is 44.9 Å². The number of amides is 1. The van der Waals surface area contributed by atoms with E-state index in [-0.39, 0.29) is 0 Å². The monoisotopic (exact) mass is 314 g/mol. The average Bonchev–Trinajstić information content (AvgIpc) is 3.02. The van der Waals surface area contributed by atoms with Gasteiger partial charge in [0.1, 0.15) is 5.75 Å². The summed E-state index contributed by atoms with van der Waals surface area (Å²) in [6, 6.07) is 6.17. The molecule has 0 bridgehead atoms. The molecule has 2 heterocycles. The van der Waals surface area contributed by atoms with Gasteiger partial charge in [0.05, 0.1) is 7.11 Å². The number of hydrogen-bond acceptors (Lipinski definition) is 2. The number of piperidine rings is 1. The molecule has 1 aromatic carbocycles. The van der Waals surface area contributed by atoms with Crippen LogP contribution in [0.25, 0.3) is 10.9 Å².